The summed E-state index contributed by atoms with van der Waals surface area (Å²) in [6.07, 6.45) is -1.10. The van der Waals surface area contributed by atoms with Crippen LogP contribution >= 0.6 is 0 Å². The molecule has 1 amide bonds. The van der Waals surface area contributed by atoms with Gasteiger partial charge in [0.2, 0.25) is 5.91 Å². The summed E-state index contributed by atoms with van der Waals surface area (Å²) in [7, 11) is -3.57. The van der Waals surface area contributed by atoms with E-state index in [0.717, 1.165) is 26.1 Å². The van der Waals surface area contributed by atoms with Crippen molar-refractivity contribution >= 4 is 21.9 Å². The number of nitrogens with zero attached hydrogens (tertiary/aromatic N) is 3. The molecular formula is C22H31F3N4O5S. The number of piperidine rings is 1. The van der Waals surface area contributed by atoms with Gasteiger partial charge in [0.15, 0.2) is 5.03 Å². The molecule has 3 saturated heterocycles. The second-order valence-electron chi connectivity index (χ2n) is 9.47. The van der Waals surface area contributed by atoms with Crippen LogP contribution in [0.25, 0.3) is 0 Å². The molecule has 13 heteroatoms. The first-order chi connectivity index (χ1) is 16.3. The lowest BCUT2D eigenvalue weighted by molar-refractivity contribution is -0.192. The number of fused-ring (bicyclic) bond motifs is 2. The maximum Gasteiger partial charge on any atom is 0.490 e. The van der Waals surface area contributed by atoms with Crippen molar-refractivity contribution in [2.75, 3.05) is 32.7 Å². The summed E-state index contributed by atoms with van der Waals surface area (Å²) in [4.78, 5) is 28.0. The van der Waals surface area contributed by atoms with E-state index in [-0.39, 0.29) is 28.3 Å². The number of hydrogen-bond donors (Lipinski definition) is 2. The molecule has 1 spiro atoms. The normalized spacial score (nSPS) is 25.5. The summed E-state index contributed by atoms with van der Waals surface area (Å²) < 4.78 is 59.0. The Morgan fingerprint density at radius 3 is 2.43 bits per heavy atom. The smallest absolute Gasteiger partial charge is 0.475 e. The molecule has 0 saturated carbocycles. The van der Waals surface area contributed by atoms with Crippen molar-refractivity contribution in [1.29, 1.82) is 0 Å². The van der Waals surface area contributed by atoms with Crippen LogP contribution in [0.5, 0.6) is 0 Å². The summed E-state index contributed by atoms with van der Waals surface area (Å²) in [5.41, 5.74) is -0.262. The number of hydrogen-bond acceptors (Lipinski definition) is 6. The number of sulfonamides is 1. The standard InChI is InChI=1S/C20H30N4O3S.C2HF3O2/c1-3-15(2)12-23-13-16-17(14-23)20(22-19(16)25)7-10-24(11-8-20)28(26,27)18-6-4-5-9-21-18;3-2(4,5)1(6)7/h4-6,9,15-17H,3,7-8,10-14H2,1-2H3,(H,22,25);(H,6,7)/t15?,16-,17+;/m1./s1. The van der Waals surface area contributed by atoms with Crippen molar-refractivity contribution in [2.24, 2.45) is 17.8 Å². The predicted molar refractivity (Wildman–Crippen MR) is 120 cm³/mol. The van der Waals surface area contributed by atoms with Crippen LogP contribution in [0.15, 0.2) is 29.4 Å². The number of aromatic nitrogens is 1. The van der Waals surface area contributed by atoms with Crippen molar-refractivity contribution in [3.05, 3.63) is 24.4 Å². The Kier molecular flexibility index (Phi) is 8.12. The zero-order chi connectivity index (χ0) is 26.0. The molecule has 3 atom stereocenters. The molecule has 1 aromatic rings. The Morgan fingerprint density at radius 2 is 1.91 bits per heavy atom. The van der Waals surface area contributed by atoms with E-state index in [1.165, 1.54) is 16.6 Å². The third-order valence-corrected chi connectivity index (χ3v) is 9.00. The molecule has 0 bridgehead atoms. The van der Waals surface area contributed by atoms with Gasteiger partial charge in [-0.2, -0.15) is 17.5 Å². The molecular weight excluding hydrogens is 489 g/mol. The zero-order valence-corrected chi connectivity index (χ0v) is 20.5. The van der Waals surface area contributed by atoms with E-state index < -0.39 is 22.2 Å². The lowest BCUT2D eigenvalue weighted by Gasteiger charge is -2.42. The second kappa shape index (κ2) is 10.4. The Balaban J connectivity index is 0.000000429. The third kappa shape index (κ3) is 5.95. The second-order valence-corrected chi connectivity index (χ2v) is 11.4. The van der Waals surface area contributed by atoms with Gasteiger partial charge >= 0.3 is 12.1 Å². The van der Waals surface area contributed by atoms with E-state index in [4.69, 9.17) is 9.90 Å². The van der Waals surface area contributed by atoms with Crippen molar-refractivity contribution in [3.8, 4) is 0 Å². The number of carboxylic acids is 1. The monoisotopic (exact) mass is 520 g/mol. The highest BCUT2D eigenvalue weighted by molar-refractivity contribution is 7.89. The average molecular weight is 521 g/mol. The van der Waals surface area contributed by atoms with Crippen molar-refractivity contribution in [3.63, 3.8) is 0 Å². The molecule has 1 unspecified atom stereocenters. The SMILES string of the molecule is CCC(C)CN1C[C@H]2C(=O)NC3(CCN(S(=O)(=O)c4ccccn4)CC3)[C@H]2C1.O=C(O)C(F)(F)F. The first-order valence-corrected chi connectivity index (χ1v) is 13.0. The van der Waals surface area contributed by atoms with Gasteiger partial charge in [0.25, 0.3) is 10.0 Å². The van der Waals surface area contributed by atoms with Crippen molar-refractivity contribution in [1.82, 2.24) is 19.5 Å². The van der Waals surface area contributed by atoms with Gasteiger partial charge in [-0.25, -0.2) is 18.2 Å². The Morgan fingerprint density at radius 1 is 1.29 bits per heavy atom. The molecule has 1 aromatic heterocycles. The molecule has 0 radical (unpaired) electrons. The number of aliphatic carboxylic acids is 1. The molecule has 3 aliphatic heterocycles. The van der Waals surface area contributed by atoms with Crippen LogP contribution in [0.4, 0.5) is 13.2 Å². The number of rotatable bonds is 5. The largest absolute Gasteiger partial charge is 0.490 e. The van der Waals surface area contributed by atoms with E-state index in [1.54, 1.807) is 12.1 Å². The molecule has 0 aromatic carbocycles. The van der Waals surface area contributed by atoms with E-state index >= 15 is 0 Å². The van der Waals surface area contributed by atoms with Gasteiger partial charge in [0.05, 0.1) is 5.92 Å². The van der Waals surface area contributed by atoms with Crippen LogP contribution in [0.1, 0.15) is 33.1 Å². The molecule has 35 heavy (non-hydrogen) atoms. The van der Waals surface area contributed by atoms with Crippen molar-refractivity contribution in [2.45, 2.75) is 49.9 Å². The van der Waals surface area contributed by atoms with Crippen molar-refractivity contribution < 1.29 is 36.3 Å². The molecule has 3 fully saturated rings. The Labute approximate surface area is 202 Å². The summed E-state index contributed by atoms with van der Waals surface area (Å²) in [6.45, 7) is 8.10. The minimum absolute atomic E-state index is 0.0444. The fraction of sp³-hybridized carbons (Fsp3) is 0.682. The Bertz CT molecular complexity index is 1010. The fourth-order valence-corrected chi connectivity index (χ4v) is 6.49. The number of pyridine rings is 1. The van der Waals surface area contributed by atoms with E-state index in [9.17, 15) is 26.4 Å². The number of alkyl halides is 3. The number of carboxylic acid groups (broad SMARTS) is 1. The number of amides is 1. The van der Waals surface area contributed by atoms with E-state index in [1.807, 2.05) is 0 Å². The number of halogens is 3. The number of carbonyl (C=O) groups is 2. The number of carbonyl (C=O) groups excluding carboxylic acids is 1. The summed E-state index contributed by atoms with van der Waals surface area (Å²) in [5, 5.41) is 10.5. The van der Waals surface area contributed by atoms with Crippen LogP contribution in [0.2, 0.25) is 0 Å². The third-order valence-electron chi connectivity index (χ3n) is 7.18. The van der Waals surface area contributed by atoms with Gasteiger partial charge in [0.1, 0.15) is 0 Å². The molecule has 4 rings (SSSR count). The molecule has 2 N–H and O–H groups in total. The maximum atomic E-state index is 12.9. The molecule has 4 heterocycles. The number of nitrogens with one attached hydrogen (secondary N) is 1. The van der Waals surface area contributed by atoms with Gasteiger partial charge in [-0.15, -0.1) is 0 Å². The fourth-order valence-electron chi connectivity index (χ4n) is 5.11. The quantitative estimate of drug-likeness (QED) is 0.609. The summed E-state index contributed by atoms with van der Waals surface area (Å²) in [6, 6.07) is 4.94. The summed E-state index contributed by atoms with van der Waals surface area (Å²) in [5.74, 6) is -1.65. The van der Waals surface area contributed by atoms with Crippen LogP contribution in [-0.2, 0) is 19.6 Å². The lowest BCUT2D eigenvalue weighted by Crippen LogP contribution is -2.56. The average Bonchev–Trinajstić information content (AvgIpc) is 3.33. The first kappa shape index (κ1) is 27.3. The van der Waals surface area contributed by atoms with E-state index in [2.05, 4.69) is 29.0 Å². The Hall–Kier alpha value is -2.25. The van der Waals surface area contributed by atoms with Gasteiger partial charge in [-0.3, -0.25) is 4.79 Å². The highest BCUT2D eigenvalue weighted by Gasteiger charge is 2.57. The van der Waals surface area contributed by atoms with Crippen LogP contribution in [0.3, 0.4) is 0 Å². The highest BCUT2D eigenvalue weighted by atomic mass is 32.2. The zero-order valence-electron chi connectivity index (χ0n) is 19.7. The number of likely N-dealkylation sites (tertiary alicyclic amines) is 1. The van der Waals surface area contributed by atoms with Gasteiger partial charge in [-0.05, 0) is 30.9 Å². The molecule has 196 valence electrons. The predicted octanol–water partition coefficient (Wildman–Crippen LogP) is 1.96. The minimum atomic E-state index is -5.08. The molecule has 0 aliphatic carbocycles. The summed E-state index contributed by atoms with van der Waals surface area (Å²) >= 11 is 0. The molecule has 9 nitrogen and oxygen atoms in total. The topological polar surface area (TPSA) is 120 Å². The molecule has 3 aliphatic rings. The minimum Gasteiger partial charge on any atom is -0.475 e. The lowest BCUT2D eigenvalue weighted by atomic mass is 9.76. The van der Waals surface area contributed by atoms with Crippen LogP contribution in [-0.4, -0.2) is 84.0 Å². The van der Waals surface area contributed by atoms with Crippen LogP contribution < -0.4 is 5.32 Å². The highest BCUT2D eigenvalue weighted by Crippen LogP contribution is 2.44. The first-order valence-electron chi connectivity index (χ1n) is 11.6. The maximum absolute atomic E-state index is 12.9. The van der Waals surface area contributed by atoms with Gasteiger partial charge < -0.3 is 15.3 Å². The van der Waals surface area contributed by atoms with Crippen LogP contribution in [0, 0.1) is 17.8 Å². The van der Waals surface area contributed by atoms with E-state index in [0.29, 0.717) is 31.8 Å². The van der Waals surface area contributed by atoms with Gasteiger partial charge in [-0.1, -0.05) is 26.3 Å². The van der Waals surface area contributed by atoms with Gasteiger partial charge in [0, 0.05) is 50.4 Å².